The lowest BCUT2D eigenvalue weighted by Gasteiger charge is -2.27. The van der Waals surface area contributed by atoms with Crippen LogP contribution in [0.5, 0.6) is 0 Å². The summed E-state index contributed by atoms with van der Waals surface area (Å²) in [6.07, 6.45) is 0.601. The van der Waals surface area contributed by atoms with Gasteiger partial charge >= 0.3 is 11.9 Å². The van der Waals surface area contributed by atoms with E-state index in [1.54, 1.807) is 0 Å². The van der Waals surface area contributed by atoms with E-state index in [9.17, 15) is 19.2 Å². The van der Waals surface area contributed by atoms with Gasteiger partial charge in [0.05, 0.1) is 14.2 Å². The highest BCUT2D eigenvalue weighted by Crippen LogP contribution is 2.20. The van der Waals surface area contributed by atoms with E-state index in [1.807, 2.05) is 0 Å². The molecule has 0 spiro atoms. The predicted molar refractivity (Wildman–Crippen MR) is 76.8 cm³/mol. The molecule has 9 nitrogen and oxygen atoms in total. The number of primary amides is 1. The van der Waals surface area contributed by atoms with Crippen molar-refractivity contribution in [1.82, 2.24) is 5.32 Å². The quantitative estimate of drug-likeness (QED) is 0.439. The van der Waals surface area contributed by atoms with Crippen LogP contribution in [0.1, 0.15) is 19.8 Å². The summed E-state index contributed by atoms with van der Waals surface area (Å²) in [5.74, 6) is -5.46. The average molecular weight is 330 g/mol. The van der Waals surface area contributed by atoms with E-state index in [4.69, 9.17) is 10.5 Å². The molecule has 0 saturated carbocycles. The summed E-state index contributed by atoms with van der Waals surface area (Å²) < 4.78 is 14.3. The van der Waals surface area contributed by atoms with Crippen molar-refractivity contribution < 1.29 is 33.4 Å². The molecular weight excluding hydrogens is 308 g/mol. The minimum absolute atomic E-state index is 0.460. The molecule has 1 saturated heterocycles. The number of carbonyl (C=O) groups is 4. The van der Waals surface area contributed by atoms with Crippen molar-refractivity contribution in [1.29, 1.82) is 0 Å². The van der Waals surface area contributed by atoms with Gasteiger partial charge in [-0.25, -0.2) is 0 Å². The Kier molecular flexibility index (Phi) is 6.95. The largest absolute Gasteiger partial charge is 0.468 e. The first-order chi connectivity index (χ1) is 10.8. The number of hydrogen-bond acceptors (Lipinski definition) is 7. The van der Waals surface area contributed by atoms with E-state index in [1.165, 1.54) is 6.92 Å². The van der Waals surface area contributed by atoms with Gasteiger partial charge in [0.25, 0.3) is 0 Å². The van der Waals surface area contributed by atoms with Crippen molar-refractivity contribution in [2.24, 2.45) is 17.6 Å². The molecule has 9 heteroatoms. The molecule has 1 aliphatic rings. The van der Waals surface area contributed by atoms with Gasteiger partial charge in [0.1, 0.15) is 12.1 Å². The maximum atomic E-state index is 12.1. The molecule has 1 aliphatic heterocycles. The van der Waals surface area contributed by atoms with Crippen LogP contribution in [-0.4, -0.2) is 56.7 Å². The fraction of sp³-hybridized carbons (Fsp3) is 0.714. The summed E-state index contributed by atoms with van der Waals surface area (Å²) in [5.41, 5.74) is 5.31. The number of esters is 2. The summed E-state index contributed by atoms with van der Waals surface area (Å²) in [6.45, 7) is 1.89. The van der Waals surface area contributed by atoms with Crippen molar-refractivity contribution >= 4 is 23.8 Å². The smallest absolute Gasteiger partial charge is 0.320 e. The van der Waals surface area contributed by atoms with E-state index in [2.05, 4.69) is 14.8 Å². The van der Waals surface area contributed by atoms with Crippen LogP contribution in [0.3, 0.4) is 0 Å². The monoisotopic (exact) mass is 330 g/mol. The third kappa shape index (κ3) is 4.65. The van der Waals surface area contributed by atoms with Crippen molar-refractivity contribution in [3.63, 3.8) is 0 Å². The lowest BCUT2D eigenvalue weighted by molar-refractivity contribution is -0.162. The minimum atomic E-state index is -1.38. The molecule has 1 fully saturated rings. The summed E-state index contributed by atoms with van der Waals surface area (Å²) in [4.78, 5) is 47.4. The van der Waals surface area contributed by atoms with Crippen LogP contribution in [0.25, 0.3) is 0 Å². The predicted octanol–water partition coefficient (Wildman–Crippen LogP) is -1.27. The van der Waals surface area contributed by atoms with Crippen molar-refractivity contribution in [2.45, 2.75) is 31.9 Å². The van der Waals surface area contributed by atoms with Gasteiger partial charge in [0.2, 0.25) is 11.8 Å². The van der Waals surface area contributed by atoms with Gasteiger partial charge in [0.15, 0.2) is 5.92 Å². The Labute approximate surface area is 133 Å². The van der Waals surface area contributed by atoms with Gasteiger partial charge in [-0.05, 0) is 12.8 Å². The molecule has 23 heavy (non-hydrogen) atoms. The topological polar surface area (TPSA) is 134 Å². The zero-order valence-corrected chi connectivity index (χ0v) is 13.4. The third-order valence-corrected chi connectivity index (χ3v) is 3.79. The van der Waals surface area contributed by atoms with Crippen LogP contribution in [0.2, 0.25) is 0 Å². The number of nitrogens with one attached hydrogen (secondary N) is 1. The first-order valence-electron chi connectivity index (χ1n) is 7.20. The Balaban J connectivity index is 2.92. The molecule has 1 heterocycles. The molecular formula is C14H22N2O7. The Morgan fingerprint density at radius 1 is 1.17 bits per heavy atom. The van der Waals surface area contributed by atoms with E-state index < -0.39 is 47.7 Å². The normalized spacial score (nSPS) is 19.7. The highest BCUT2D eigenvalue weighted by atomic mass is 16.5. The first kappa shape index (κ1) is 18.9. The van der Waals surface area contributed by atoms with E-state index in [-0.39, 0.29) is 0 Å². The summed E-state index contributed by atoms with van der Waals surface area (Å²) in [5, 5.41) is 2.44. The average Bonchev–Trinajstić information content (AvgIpc) is 3.05. The molecule has 1 rings (SSSR count). The van der Waals surface area contributed by atoms with Crippen molar-refractivity contribution in [2.75, 3.05) is 20.8 Å². The molecule has 0 aliphatic carbocycles. The van der Waals surface area contributed by atoms with E-state index >= 15 is 0 Å². The third-order valence-electron chi connectivity index (χ3n) is 3.79. The van der Waals surface area contributed by atoms with Gasteiger partial charge in [-0.1, -0.05) is 6.92 Å². The SMILES string of the molecule is COC(=O)C(C(=O)OC)[C@H](C)[C@H](NC(=O)[C@H]1CCCO1)C(N)=O. The molecule has 0 bridgehead atoms. The molecule has 0 radical (unpaired) electrons. The summed E-state index contributed by atoms with van der Waals surface area (Å²) >= 11 is 0. The van der Waals surface area contributed by atoms with Gasteiger partial charge in [-0.2, -0.15) is 0 Å². The van der Waals surface area contributed by atoms with Gasteiger partial charge < -0.3 is 25.3 Å². The van der Waals surface area contributed by atoms with Crippen LogP contribution < -0.4 is 11.1 Å². The maximum Gasteiger partial charge on any atom is 0.320 e. The molecule has 2 amide bonds. The Hall–Kier alpha value is -2.16. The molecule has 3 N–H and O–H groups in total. The highest BCUT2D eigenvalue weighted by Gasteiger charge is 2.42. The van der Waals surface area contributed by atoms with E-state index in [0.29, 0.717) is 13.0 Å². The summed E-state index contributed by atoms with van der Waals surface area (Å²) in [6, 6.07) is -1.24. The van der Waals surface area contributed by atoms with Gasteiger partial charge in [-0.15, -0.1) is 0 Å². The maximum absolute atomic E-state index is 12.1. The lowest BCUT2D eigenvalue weighted by atomic mass is 9.86. The molecule has 130 valence electrons. The van der Waals surface area contributed by atoms with Gasteiger partial charge in [0, 0.05) is 12.5 Å². The molecule has 0 aromatic heterocycles. The molecule has 0 aromatic rings. The van der Waals surface area contributed by atoms with Crippen LogP contribution in [0.15, 0.2) is 0 Å². The number of hydrogen-bond donors (Lipinski definition) is 2. The van der Waals surface area contributed by atoms with Crippen LogP contribution in [-0.2, 0) is 33.4 Å². The Morgan fingerprint density at radius 3 is 2.13 bits per heavy atom. The summed E-state index contributed by atoms with van der Waals surface area (Å²) in [7, 11) is 2.21. The number of methoxy groups -OCH3 is 2. The molecule has 0 unspecified atom stereocenters. The number of ether oxygens (including phenoxy) is 3. The number of rotatable bonds is 7. The zero-order chi connectivity index (χ0) is 17.6. The second kappa shape index (κ2) is 8.47. The molecule has 3 atom stereocenters. The fourth-order valence-electron chi connectivity index (χ4n) is 2.46. The second-order valence-corrected chi connectivity index (χ2v) is 5.27. The van der Waals surface area contributed by atoms with Crippen molar-refractivity contribution in [3.8, 4) is 0 Å². The zero-order valence-electron chi connectivity index (χ0n) is 13.4. The first-order valence-corrected chi connectivity index (χ1v) is 7.20. The van der Waals surface area contributed by atoms with Crippen LogP contribution >= 0.6 is 0 Å². The Morgan fingerprint density at radius 2 is 1.74 bits per heavy atom. The molecule has 0 aromatic carbocycles. The fourth-order valence-corrected chi connectivity index (χ4v) is 2.46. The van der Waals surface area contributed by atoms with Crippen LogP contribution in [0, 0.1) is 11.8 Å². The standard InChI is InChI=1S/C14H22N2O7/c1-7(9(13(19)21-2)14(20)22-3)10(11(15)17)16-12(18)8-5-4-6-23-8/h7-10H,4-6H2,1-3H3,(H2,15,17)(H,16,18)/t7-,8+,10-/m0/s1. The van der Waals surface area contributed by atoms with Crippen LogP contribution in [0.4, 0.5) is 0 Å². The number of nitrogens with two attached hydrogens (primary N) is 1. The number of amides is 2. The lowest BCUT2D eigenvalue weighted by Crippen LogP contribution is -2.54. The Bertz CT molecular complexity index is 458. The van der Waals surface area contributed by atoms with E-state index in [0.717, 1.165) is 20.6 Å². The number of carbonyl (C=O) groups excluding carboxylic acids is 4. The van der Waals surface area contributed by atoms with Gasteiger partial charge in [-0.3, -0.25) is 19.2 Å². The minimum Gasteiger partial charge on any atom is -0.468 e. The highest BCUT2D eigenvalue weighted by molar-refractivity contribution is 5.97. The second-order valence-electron chi connectivity index (χ2n) is 5.27. The van der Waals surface area contributed by atoms with Crippen molar-refractivity contribution in [3.05, 3.63) is 0 Å².